The highest BCUT2D eigenvalue weighted by Crippen LogP contribution is 2.39. The van der Waals surface area contributed by atoms with Crippen LogP contribution in [0, 0.1) is 6.92 Å². The van der Waals surface area contributed by atoms with Crippen molar-refractivity contribution in [1.82, 2.24) is 4.90 Å². The molecule has 2 heterocycles. The Morgan fingerprint density at radius 2 is 2.05 bits per heavy atom. The predicted octanol–water partition coefficient (Wildman–Crippen LogP) is 5.17. The van der Waals surface area contributed by atoms with E-state index >= 15 is 0 Å². The van der Waals surface area contributed by atoms with Gasteiger partial charge in [0, 0.05) is 12.3 Å². The number of carbonyl (C=O) groups is 1. The molecule has 2 amide bonds. The SMILES string of the molecule is Cc1ccc([C@@H]2SCCN2C(=O)Nc2c(Cl)cccc2Cl)o1. The number of thioether (sulfide) groups is 1. The van der Waals surface area contributed by atoms with Gasteiger partial charge in [-0.25, -0.2) is 4.79 Å². The van der Waals surface area contributed by atoms with Crippen LogP contribution >= 0.6 is 35.0 Å². The van der Waals surface area contributed by atoms with E-state index in [2.05, 4.69) is 5.32 Å². The van der Waals surface area contributed by atoms with Gasteiger partial charge in [0.05, 0.1) is 15.7 Å². The molecule has 116 valence electrons. The van der Waals surface area contributed by atoms with E-state index in [4.69, 9.17) is 27.6 Å². The Morgan fingerprint density at radius 1 is 1.32 bits per heavy atom. The van der Waals surface area contributed by atoms with Crippen molar-refractivity contribution in [1.29, 1.82) is 0 Å². The molecule has 0 aliphatic carbocycles. The topological polar surface area (TPSA) is 45.5 Å². The van der Waals surface area contributed by atoms with Gasteiger partial charge in [0.15, 0.2) is 0 Å². The van der Waals surface area contributed by atoms with Crippen molar-refractivity contribution < 1.29 is 9.21 Å². The molecular weight excluding hydrogens is 343 g/mol. The first-order valence-corrected chi connectivity index (χ1v) is 8.56. The summed E-state index contributed by atoms with van der Waals surface area (Å²) in [5, 5.41) is 3.50. The summed E-state index contributed by atoms with van der Waals surface area (Å²) in [4.78, 5) is 14.3. The Kier molecular flexibility index (Phi) is 4.57. The monoisotopic (exact) mass is 356 g/mol. The molecule has 1 aromatic carbocycles. The molecule has 1 aromatic heterocycles. The third-order valence-electron chi connectivity index (χ3n) is 3.35. The van der Waals surface area contributed by atoms with Crippen LogP contribution in [-0.2, 0) is 0 Å². The third-order valence-corrected chi connectivity index (χ3v) is 5.20. The van der Waals surface area contributed by atoms with E-state index in [1.165, 1.54) is 0 Å². The highest BCUT2D eigenvalue weighted by molar-refractivity contribution is 7.99. The average Bonchev–Trinajstić information content (AvgIpc) is 3.11. The number of halogens is 2. The highest BCUT2D eigenvalue weighted by Gasteiger charge is 2.33. The van der Waals surface area contributed by atoms with Crippen LogP contribution in [0.25, 0.3) is 0 Å². The first-order valence-electron chi connectivity index (χ1n) is 6.76. The summed E-state index contributed by atoms with van der Waals surface area (Å²) in [5.74, 6) is 2.46. The Hall–Kier alpha value is -1.30. The summed E-state index contributed by atoms with van der Waals surface area (Å²) in [6, 6.07) is 8.68. The zero-order valence-electron chi connectivity index (χ0n) is 11.8. The minimum atomic E-state index is -0.237. The van der Waals surface area contributed by atoms with Gasteiger partial charge in [0.1, 0.15) is 16.9 Å². The molecule has 1 saturated heterocycles. The van der Waals surface area contributed by atoms with Gasteiger partial charge >= 0.3 is 6.03 Å². The van der Waals surface area contributed by atoms with Crippen LogP contribution < -0.4 is 5.32 Å². The smallest absolute Gasteiger partial charge is 0.323 e. The molecule has 1 N–H and O–H groups in total. The number of carbonyl (C=O) groups excluding carboxylic acids is 1. The summed E-state index contributed by atoms with van der Waals surface area (Å²) < 4.78 is 5.65. The number of hydrogen-bond acceptors (Lipinski definition) is 3. The number of hydrogen-bond donors (Lipinski definition) is 1. The van der Waals surface area contributed by atoms with Gasteiger partial charge in [0.2, 0.25) is 0 Å². The van der Waals surface area contributed by atoms with Gasteiger partial charge in [0.25, 0.3) is 0 Å². The van der Waals surface area contributed by atoms with Gasteiger partial charge in [-0.05, 0) is 31.2 Å². The van der Waals surface area contributed by atoms with Crippen LogP contribution in [0.4, 0.5) is 10.5 Å². The lowest BCUT2D eigenvalue weighted by Gasteiger charge is -2.23. The third kappa shape index (κ3) is 3.07. The Labute approximate surface area is 142 Å². The lowest BCUT2D eigenvalue weighted by Crippen LogP contribution is -2.34. The molecule has 0 unspecified atom stereocenters. The van der Waals surface area contributed by atoms with Crippen molar-refractivity contribution in [3.8, 4) is 0 Å². The molecular formula is C15H14Cl2N2O2S. The number of benzene rings is 1. The Morgan fingerprint density at radius 3 is 2.68 bits per heavy atom. The molecule has 0 bridgehead atoms. The molecule has 1 aliphatic rings. The molecule has 7 heteroatoms. The molecule has 4 nitrogen and oxygen atoms in total. The van der Waals surface area contributed by atoms with E-state index < -0.39 is 0 Å². The van der Waals surface area contributed by atoms with E-state index in [1.807, 2.05) is 19.1 Å². The van der Waals surface area contributed by atoms with Crippen LogP contribution in [-0.4, -0.2) is 23.2 Å². The van der Waals surface area contributed by atoms with Crippen molar-refractivity contribution in [3.63, 3.8) is 0 Å². The Bertz CT molecular complexity index is 684. The molecule has 22 heavy (non-hydrogen) atoms. The summed E-state index contributed by atoms with van der Waals surface area (Å²) in [6.07, 6.45) is 0. The quantitative estimate of drug-likeness (QED) is 0.806. The number of furan rings is 1. The van der Waals surface area contributed by atoms with Gasteiger partial charge in [-0.15, -0.1) is 11.8 Å². The second-order valence-electron chi connectivity index (χ2n) is 4.89. The van der Waals surface area contributed by atoms with Crippen molar-refractivity contribution in [3.05, 3.63) is 51.9 Å². The fourth-order valence-electron chi connectivity index (χ4n) is 2.30. The largest absolute Gasteiger partial charge is 0.463 e. The van der Waals surface area contributed by atoms with Crippen molar-refractivity contribution in [2.24, 2.45) is 0 Å². The number of para-hydroxylation sites is 1. The minimum Gasteiger partial charge on any atom is -0.463 e. The first kappa shape index (κ1) is 15.6. The molecule has 1 atom stereocenters. The maximum Gasteiger partial charge on any atom is 0.323 e. The minimum absolute atomic E-state index is 0.130. The van der Waals surface area contributed by atoms with Gasteiger partial charge in [-0.2, -0.15) is 0 Å². The molecule has 1 fully saturated rings. The lowest BCUT2D eigenvalue weighted by atomic mass is 10.3. The number of urea groups is 1. The predicted molar refractivity (Wildman–Crippen MR) is 90.8 cm³/mol. The van der Waals surface area contributed by atoms with Crippen LogP contribution in [0.5, 0.6) is 0 Å². The second kappa shape index (κ2) is 6.44. The zero-order chi connectivity index (χ0) is 15.7. The molecule has 3 rings (SSSR count). The summed E-state index contributed by atoms with van der Waals surface area (Å²) >= 11 is 13.9. The van der Waals surface area contributed by atoms with Crippen molar-refractivity contribution in [2.75, 3.05) is 17.6 Å². The molecule has 1 aliphatic heterocycles. The van der Waals surface area contributed by atoms with Gasteiger partial charge in [-0.3, -0.25) is 0 Å². The standard InChI is InChI=1S/C15H14Cl2N2O2S/c1-9-5-6-12(21-9)14-19(7-8-22-14)15(20)18-13-10(16)3-2-4-11(13)17/h2-6,14H,7-8H2,1H3,(H,18,20)/t14-/m0/s1. The number of aryl methyl sites for hydroxylation is 1. The summed E-state index contributed by atoms with van der Waals surface area (Å²) in [5.41, 5.74) is 0.433. The number of amides is 2. The maximum atomic E-state index is 12.6. The lowest BCUT2D eigenvalue weighted by molar-refractivity contribution is 0.209. The summed E-state index contributed by atoms with van der Waals surface area (Å²) in [7, 11) is 0. The van der Waals surface area contributed by atoms with E-state index in [0.29, 0.717) is 22.3 Å². The van der Waals surface area contributed by atoms with E-state index in [1.54, 1.807) is 34.9 Å². The number of rotatable bonds is 2. The van der Waals surface area contributed by atoms with Crippen LogP contribution in [0.3, 0.4) is 0 Å². The first-order chi connectivity index (χ1) is 10.6. The average molecular weight is 357 g/mol. The van der Waals surface area contributed by atoms with Gasteiger partial charge in [-0.1, -0.05) is 29.3 Å². The zero-order valence-corrected chi connectivity index (χ0v) is 14.1. The fraction of sp³-hybridized carbons (Fsp3) is 0.267. The summed E-state index contributed by atoms with van der Waals surface area (Å²) in [6.45, 7) is 2.53. The molecule has 0 radical (unpaired) electrons. The van der Waals surface area contributed by atoms with Crippen molar-refractivity contribution >= 4 is 46.7 Å². The highest BCUT2D eigenvalue weighted by atomic mass is 35.5. The van der Waals surface area contributed by atoms with Crippen molar-refractivity contribution in [2.45, 2.75) is 12.3 Å². The fourth-order valence-corrected chi connectivity index (χ4v) is 3.99. The Balaban J connectivity index is 1.79. The number of nitrogens with one attached hydrogen (secondary N) is 1. The normalized spacial score (nSPS) is 17.8. The van der Waals surface area contributed by atoms with E-state index in [9.17, 15) is 4.79 Å². The van der Waals surface area contributed by atoms with Crippen LogP contribution in [0.15, 0.2) is 34.7 Å². The van der Waals surface area contributed by atoms with Crippen LogP contribution in [0.2, 0.25) is 10.0 Å². The molecule has 2 aromatic rings. The van der Waals surface area contributed by atoms with E-state index in [0.717, 1.165) is 17.3 Å². The molecule has 0 spiro atoms. The molecule has 0 saturated carbocycles. The number of anilines is 1. The second-order valence-corrected chi connectivity index (χ2v) is 6.89. The van der Waals surface area contributed by atoms with Gasteiger partial charge < -0.3 is 14.6 Å². The maximum absolute atomic E-state index is 12.6. The van der Waals surface area contributed by atoms with Crippen LogP contribution in [0.1, 0.15) is 16.9 Å². The number of nitrogens with zero attached hydrogens (tertiary/aromatic N) is 1. The van der Waals surface area contributed by atoms with E-state index in [-0.39, 0.29) is 11.4 Å².